The lowest BCUT2D eigenvalue weighted by Crippen LogP contribution is -2.46. The maximum absolute atomic E-state index is 12.6. The van der Waals surface area contributed by atoms with Gasteiger partial charge in [0.15, 0.2) is 0 Å². The molecule has 134 valence electrons. The lowest BCUT2D eigenvalue weighted by atomic mass is 9.97. The highest BCUT2D eigenvalue weighted by Crippen LogP contribution is 2.24. The van der Waals surface area contributed by atoms with Crippen LogP contribution in [0.15, 0.2) is 16.3 Å². The second-order valence-electron chi connectivity index (χ2n) is 5.52. The molecule has 0 aromatic carbocycles. The number of piperidine rings is 1. The van der Waals surface area contributed by atoms with E-state index in [4.69, 9.17) is 5.73 Å². The molecule has 8 nitrogen and oxygen atoms in total. The molecule has 2 amide bonds. The largest absolute Gasteiger partial charge is 0.355 e. The van der Waals surface area contributed by atoms with Crippen molar-refractivity contribution in [3.63, 3.8) is 0 Å². The smallest absolute Gasteiger partial charge is 0.263 e. The summed E-state index contributed by atoms with van der Waals surface area (Å²) in [6, 6.07) is 1.37. The fourth-order valence-electron chi connectivity index (χ4n) is 2.56. The number of likely N-dealkylation sites (tertiary alicyclic amines) is 1. The van der Waals surface area contributed by atoms with Crippen LogP contribution in [-0.2, 0) is 14.8 Å². The number of nitrogens with one attached hydrogen (secondary N) is 2. The van der Waals surface area contributed by atoms with Gasteiger partial charge in [-0.15, -0.1) is 11.3 Å². The maximum atomic E-state index is 12.6. The van der Waals surface area contributed by atoms with Crippen LogP contribution < -0.4 is 15.8 Å². The molecule has 24 heavy (non-hydrogen) atoms. The predicted molar refractivity (Wildman–Crippen MR) is 91.3 cm³/mol. The molecule has 1 aromatic rings. The second-order valence-corrected chi connectivity index (χ2v) is 8.32. The van der Waals surface area contributed by atoms with E-state index in [-0.39, 0.29) is 22.6 Å². The van der Waals surface area contributed by atoms with Gasteiger partial charge in [0, 0.05) is 31.6 Å². The van der Waals surface area contributed by atoms with Crippen molar-refractivity contribution in [2.75, 3.05) is 33.2 Å². The number of amides is 2. The standard InChI is InChI=1S/C14H22N4O4S2/c1-16-24(21,22)11-7-12(23-9-11)14(20)18-6-2-3-10(8-18)13(19)17-5-4-15/h7,9-10,16H,2-6,8,15H2,1H3,(H,17,19). The van der Waals surface area contributed by atoms with E-state index in [2.05, 4.69) is 10.0 Å². The number of rotatable bonds is 6. The molecule has 0 bridgehead atoms. The molecule has 2 rings (SSSR count). The minimum Gasteiger partial charge on any atom is -0.355 e. The van der Waals surface area contributed by atoms with Crippen molar-refractivity contribution in [2.24, 2.45) is 11.7 Å². The van der Waals surface area contributed by atoms with Crippen LogP contribution in [0.1, 0.15) is 22.5 Å². The molecule has 4 N–H and O–H groups in total. The normalized spacial score (nSPS) is 18.4. The molecule has 1 atom stereocenters. The summed E-state index contributed by atoms with van der Waals surface area (Å²) < 4.78 is 25.7. The predicted octanol–water partition coefficient (Wildman–Crippen LogP) is -0.417. The van der Waals surface area contributed by atoms with Crippen molar-refractivity contribution in [3.05, 3.63) is 16.3 Å². The van der Waals surface area contributed by atoms with Gasteiger partial charge in [-0.25, -0.2) is 13.1 Å². The fourth-order valence-corrected chi connectivity index (χ4v) is 4.53. The molecular formula is C14H22N4O4S2. The highest BCUT2D eigenvalue weighted by atomic mass is 32.2. The number of nitrogens with two attached hydrogens (primary N) is 1. The van der Waals surface area contributed by atoms with Gasteiger partial charge in [0.2, 0.25) is 15.9 Å². The van der Waals surface area contributed by atoms with Gasteiger partial charge in [-0.3, -0.25) is 9.59 Å². The first-order valence-corrected chi connectivity index (χ1v) is 10.0. The Kier molecular flexibility index (Phi) is 6.33. The highest BCUT2D eigenvalue weighted by molar-refractivity contribution is 7.89. The topological polar surface area (TPSA) is 122 Å². The van der Waals surface area contributed by atoms with Gasteiger partial charge in [0.25, 0.3) is 5.91 Å². The van der Waals surface area contributed by atoms with Gasteiger partial charge in [0.1, 0.15) is 0 Å². The average Bonchev–Trinajstić information content (AvgIpc) is 3.10. The van der Waals surface area contributed by atoms with E-state index in [1.807, 2.05) is 0 Å². The van der Waals surface area contributed by atoms with Crippen LogP contribution in [-0.4, -0.2) is 58.4 Å². The molecule has 10 heteroatoms. The van der Waals surface area contributed by atoms with Gasteiger partial charge in [0.05, 0.1) is 15.7 Å². The number of carbonyl (C=O) groups excluding carboxylic acids is 2. The Balaban J connectivity index is 2.05. The Morgan fingerprint density at radius 3 is 2.88 bits per heavy atom. The molecule has 1 fully saturated rings. The molecule has 1 unspecified atom stereocenters. The zero-order valence-electron chi connectivity index (χ0n) is 13.4. The summed E-state index contributed by atoms with van der Waals surface area (Å²) in [6.45, 7) is 1.69. The summed E-state index contributed by atoms with van der Waals surface area (Å²) in [5, 5.41) is 4.18. The number of sulfonamides is 1. The zero-order valence-corrected chi connectivity index (χ0v) is 15.1. The molecular weight excluding hydrogens is 352 g/mol. The van der Waals surface area contributed by atoms with Gasteiger partial charge in [-0.05, 0) is 26.0 Å². The Hall–Kier alpha value is -1.49. The van der Waals surface area contributed by atoms with Crippen molar-refractivity contribution >= 4 is 33.2 Å². The summed E-state index contributed by atoms with van der Waals surface area (Å²) in [5.74, 6) is -0.591. The molecule has 0 radical (unpaired) electrons. The van der Waals surface area contributed by atoms with E-state index >= 15 is 0 Å². The first kappa shape index (κ1) is 18.8. The quantitative estimate of drug-likeness (QED) is 0.624. The van der Waals surface area contributed by atoms with Crippen molar-refractivity contribution in [1.29, 1.82) is 0 Å². The van der Waals surface area contributed by atoms with Gasteiger partial charge in [-0.2, -0.15) is 0 Å². The van der Waals surface area contributed by atoms with Gasteiger partial charge >= 0.3 is 0 Å². The van der Waals surface area contributed by atoms with Crippen LogP contribution in [0.3, 0.4) is 0 Å². The SMILES string of the molecule is CNS(=O)(=O)c1csc(C(=O)N2CCCC(C(=O)NCCN)C2)c1. The molecule has 1 aromatic heterocycles. The Bertz CT molecular complexity index is 701. The van der Waals surface area contributed by atoms with Gasteiger partial charge < -0.3 is 16.0 Å². The second kappa shape index (κ2) is 8.06. The van der Waals surface area contributed by atoms with Crippen LogP contribution in [0.25, 0.3) is 0 Å². The van der Waals surface area contributed by atoms with Crippen LogP contribution in [0, 0.1) is 5.92 Å². The van der Waals surface area contributed by atoms with Crippen LogP contribution in [0.2, 0.25) is 0 Å². The first-order valence-electron chi connectivity index (χ1n) is 7.68. The third-order valence-corrected chi connectivity index (χ3v) is 6.35. The molecule has 1 saturated heterocycles. The van der Waals surface area contributed by atoms with Crippen molar-refractivity contribution in [2.45, 2.75) is 17.7 Å². The summed E-state index contributed by atoms with van der Waals surface area (Å²) in [6.07, 6.45) is 1.46. The summed E-state index contributed by atoms with van der Waals surface area (Å²) in [7, 11) is -2.24. The molecule has 2 heterocycles. The van der Waals surface area contributed by atoms with Crippen molar-refractivity contribution in [3.8, 4) is 0 Å². The average molecular weight is 374 g/mol. The monoisotopic (exact) mass is 374 g/mol. The number of hydrogen-bond donors (Lipinski definition) is 3. The minimum atomic E-state index is -3.56. The number of nitrogens with zero attached hydrogens (tertiary/aromatic N) is 1. The zero-order chi connectivity index (χ0) is 17.7. The van der Waals surface area contributed by atoms with Crippen LogP contribution in [0.4, 0.5) is 0 Å². The number of hydrogen-bond acceptors (Lipinski definition) is 6. The lowest BCUT2D eigenvalue weighted by molar-refractivity contribution is -0.126. The lowest BCUT2D eigenvalue weighted by Gasteiger charge is -2.31. The number of thiophene rings is 1. The third-order valence-electron chi connectivity index (χ3n) is 3.89. The molecule has 1 aliphatic heterocycles. The summed E-state index contributed by atoms with van der Waals surface area (Å²) in [5.41, 5.74) is 5.37. The fraction of sp³-hybridized carbons (Fsp3) is 0.571. The van der Waals surface area contributed by atoms with Crippen LogP contribution >= 0.6 is 11.3 Å². The number of carbonyl (C=O) groups is 2. The molecule has 0 spiro atoms. The third kappa shape index (κ3) is 4.32. The Morgan fingerprint density at radius 1 is 1.46 bits per heavy atom. The molecule has 0 saturated carbocycles. The Morgan fingerprint density at radius 2 is 2.21 bits per heavy atom. The maximum Gasteiger partial charge on any atom is 0.263 e. The van der Waals surface area contributed by atoms with E-state index in [1.54, 1.807) is 4.90 Å². The summed E-state index contributed by atoms with van der Waals surface area (Å²) in [4.78, 5) is 26.7. The van der Waals surface area contributed by atoms with E-state index in [1.165, 1.54) is 18.5 Å². The van der Waals surface area contributed by atoms with E-state index in [9.17, 15) is 18.0 Å². The van der Waals surface area contributed by atoms with Gasteiger partial charge in [-0.1, -0.05) is 0 Å². The van der Waals surface area contributed by atoms with Crippen molar-refractivity contribution in [1.82, 2.24) is 14.9 Å². The molecule has 1 aliphatic rings. The van der Waals surface area contributed by atoms with E-state index in [0.717, 1.165) is 24.2 Å². The first-order chi connectivity index (χ1) is 11.4. The minimum absolute atomic E-state index is 0.0765. The molecule has 0 aliphatic carbocycles. The van der Waals surface area contributed by atoms with E-state index in [0.29, 0.717) is 31.1 Å². The van der Waals surface area contributed by atoms with Crippen LogP contribution in [0.5, 0.6) is 0 Å². The van der Waals surface area contributed by atoms with Crippen molar-refractivity contribution < 1.29 is 18.0 Å². The Labute approximate surface area is 145 Å². The highest BCUT2D eigenvalue weighted by Gasteiger charge is 2.29. The summed E-state index contributed by atoms with van der Waals surface area (Å²) >= 11 is 1.09. The van der Waals surface area contributed by atoms with E-state index < -0.39 is 10.0 Å².